The Bertz CT molecular complexity index is 597. The third-order valence-electron chi connectivity index (χ3n) is 3.03. The van der Waals surface area contributed by atoms with E-state index < -0.39 is 0 Å². The maximum absolute atomic E-state index is 9.67. The molecule has 0 fully saturated rings. The van der Waals surface area contributed by atoms with E-state index >= 15 is 0 Å². The predicted octanol–water partition coefficient (Wildman–Crippen LogP) is 3.41. The first-order chi connectivity index (χ1) is 9.60. The van der Waals surface area contributed by atoms with Crippen LogP contribution in [-0.2, 0) is 6.54 Å². The summed E-state index contributed by atoms with van der Waals surface area (Å²) in [6.07, 6.45) is 0. The number of anilines is 1. The largest absolute Gasteiger partial charge is 0.504 e. The summed E-state index contributed by atoms with van der Waals surface area (Å²) in [4.78, 5) is 4.42. The highest BCUT2D eigenvalue weighted by atomic mass is 16.5. The second-order valence-electron chi connectivity index (χ2n) is 4.67. The van der Waals surface area contributed by atoms with E-state index in [0.29, 0.717) is 18.9 Å². The van der Waals surface area contributed by atoms with Crippen molar-refractivity contribution in [3.8, 4) is 11.5 Å². The minimum atomic E-state index is 0.170. The molecule has 1 aromatic heterocycles. The van der Waals surface area contributed by atoms with Gasteiger partial charge in [-0.05, 0) is 50.6 Å². The Morgan fingerprint density at radius 1 is 1.20 bits per heavy atom. The molecule has 0 atom stereocenters. The van der Waals surface area contributed by atoms with Crippen LogP contribution in [0.1, 0.15) is 23.9 Å². The number of benzene rings is 1. The number of pyridine rings is 1. The summed E-state index contributed by atoms with van der Waals surface area (Å²) >= 11 is 0. The number of nitrogens with one attached hydrogen (secondary N) is 1. The first-order valence-electron chi connectivity index (χ1n) is 6.73. The van der Waals surface area contributed by atoms with Gasteiger partial charge in [-0.15, -0.1) is 0 Å². The van der Waals surface area contributed by atoms with Crippen LogP contribution in [0.25, 0.3) is 0 Å². The zero-order valence-corrected chi connectivity index (χ0v) is 12.1. The van der Waals surface area contributed by atoms with Crippen LogP contribution < -0.4 is 10.1 Å². The summed E-state index contributed by atoms with van der Waals surface area (Å²) in [5, 5.41) is 13.0. The van der Waals surface area contributed by atoms with Crippen LogP contribution >= 0.6 is 0 Å². The molecule has 2 rings (SSSR count). The maximum atomic E-state index is 9.67. The van der Waals surface area contributed by atoms with E-state index in [4.69, 9.17) is 4.74 Å². The van der Waals surface area contributed by atoms with E-state index in [1.54, 1.807) is 6.07 Å². The molecule has 20 heavy (non-hydrogen) atoms. The van der Waals surface area contributed by atoms with E-state index in [9.17, 15) is 5.11 Å². The lowest BCUT2D eigenvalue weighted by atomic mass is 10.2. The summed E-state index contributed by atoms with van der Waals surface area (Å²) in [5.74, 6) is 0.689. The average molecular weight is 272 g/mol. The van der Waals surface area contributed by atoms with Gasteiger partial charge in [0.1, 0.15) is 0 Å². The molecule has 0 unspecified atom stereocenters. The minimum absolute atomic E-state index is 0.170. The van der Waals surface area contributed by atoms with E-state index in [0.717, 1.165) is 22.6 Å². The molecule has 2 aromatic rings. The summed E-state index contributed by atoms with van der Waals surface area (Å²) in [6, 6.07) is 9.39. The van der Waals surface area contributed by atoms with Crippen LogP contribution in [0.4, 0.5) is 5.69 Å². The van der Waals surface area contributed by atoms with Crippen molar-refractivity contribution < 1.29 is 9.84 Å². The number of ether oxygens (including phenoxy) is 1. The van der Waals surface area contributed by atoms with Crippen molar-refractivity contribution in [2.45, 2.75) is 27.3 Å². The summed E-state index contributed by atoms with van der Waals surface area (Å²) in [7, 11) is 0. The van der Waals surface area contributed by atoms with E-state index in [2.05, 4.69) is 10.3 Å². The number of aryl methyl sites for hydroxylation is 2. The highest BCUT2D eigenvalue weighted by molar-refractivity contribution is 5.49. The van der Waals surface area contributed by atoms with Crippen molar-refractivity contribution in [1.29, 1.82) is 0 Å². The molecule has 0 saturated carbocycles. The summed E-state index contributed by atoms with van der Waals surface area (Å²) in [5.41, 5.74) is 4.05. The number of hydrogen-bond donors (Lipinski definition) is 2. The quantitative estimate of drug-likeness (QED) is 0.875. The molecular formula is C16H20N2O2. The highest BCUT2D eigenvalue weighted by Gasteiger charge is 2.04. The molecule has 0 aliphatic rings. The fourth-order valence-corrected chi connectivity index (χ4v) is 2.01. The fourth-order valence-electron chi connectivity index (χ4n) is 2.01. The van der Waals surface area contributed by atoms with Gasteiger partial charge in [-0.1, -0.05) is 6.07 Å². The number of aromatic hydroxyl groups is 1. The molecule has 0 aliphatic carbocycles. The lowest BCUT2D eigenvalue weighted by Gasteiger charge is -2.11. The molecule has 0 aliphatic heterocycles. The first-order valence-corrected chi connectivity index (χ1v) is 6.73. The number of rotatable bonds is 5. The Balaban J connectivity index is 2.08. The topological polar surface area (TPSA) is 54.4 Å². The van der Waals surface area contributed by atoms with Gasteiger partial charge in [0.05, 0.1) is 18.0 Å². The van der Waals surface area contributed by atoms with E-state index in [1.165, 1.54) is 0 Å². The van der Waals surface area contributed by atoms with Crippen LogP contribution in [0, 0.1) is 13.8 Å². The Labute approximate surface area is 119 Å². The van der Waals surface area contributed by atoms with Gasteiger partial charge in [-0.3, -0.25) is 4.98 Å². The Hall–Kier alpha value is -2.23. The number of nitrogens with zero attached hydrogens (tertiary/aromatic N) is 1. The van der Waals surface area contributed by atoms with Crippen molar-refractivity contribution in [2.24, 2.45) is 0 Å². The van der Waals surface area contributed by atoms with Crippen molar-refractivity contribution in [3.63, 3.8) is 0 Å². The lowest BCUT2D eigenvalue weighted by molar-refractivity contribution is 0.318. The third kappa shape index (κ3) is 3.41. The number of aromatic nitrogens is 1. The van der Waals surface area contributed by atoms with Gasteiger partial charge in [0.15, 0.2) is 11.5 Å². The summed E-state index contributed by atoms with van der Waals surface area (Å²) < 4.78 is 5.38. The van der Waals surface area contributed by atoms with Crippen molar-refractivity contribution in [2.75, 3.05) is 11.9 Å². The van der Waals surface area contributed by atoms with Crippen molar-refractivity contribution >= 4 is 5.69 Å². The standard InChI is InChI=1S/C16H20N2O2/c1-4-20-16-9-13(6-8-15(16)19)10-17-14-7-5-11(2)18-12(14)3/h5-9,17,19H,4,10H2,1-3H3. The van der Waals surface area contributed by atoms with Crippen LogP contribution in [0.2, 0.25) is 0 Å². The average Bonchev–Trinajstić information content (AvgIpc) is 2.41. The zero-order chi connectivity index (χ0) is 14.5. The van der Waals surface area contributed by atoms with E-state index in [-0.39, 0.29) is 5.75 Å². The molecule has 106 valence electrons. The minimum Gasteiger partial charge on any atom is -0.504 e. The number of phenols is 1. The van der Waals surface area contributed by atoms with Crippen LogP contribution in [0.15, 0.2) is 30.3 Å². The molecule has 0 saturated heterocycles. The smallest absolute Gasteiger partial charge is 0.161 e. The molecule has 1 heterocycles. The zero-order valence-electron chi connectivity index (χ0n) is 12.1. The van der Waals surface area contributed by atoms with Gasteiger partial charge in [0, 0.05) is 12.2 Å². The molecule has 0 spiro atoms. The Kier molecular flexibility index (Phi) is 4.45. The van der Waals surface area contributed by atoms with Crippen molar-refractivity contribution in [3.05, 3.63) is 47.3 Å². The molecule has 0 bridgehead atoms. The SMILES string of the molecule is CCOc1cc(CNc2ccc(C)nc2C)ccc1O. The van der Waals surface area contributed by atoms with Crippen molar-refractivity contribution in [1.82, 2.24) is 4.98 Å². The van der Waals surface area contributed by atoms with E-state index in [1.807, 2.05) is 45.0 Å². The van der Waals surface area contributed by atoms with Gasteiger partial charge >= 0.3 is 0 Å². The van der Waals surface area contributed by atoms with Crippen LogP contribution in [0.5, 0.6) is 11.5 Å². The monoisotopic (exact) mass is 272 g/mol. The van der Waals surface area contributed by atoms with Crippen LogP contribution in [0.3, 0.4) is 0 Å². The normalized spacial score (nSPS) is 10.3. The highest BCUT2D eigenvalue weighted by Crippen LogP contribution is 2.27. The molecule has 4 heteroatoms. The lowest BCUT2D eigenvalue weighted by Crippen LogP contribution is -2.03. The van der Waals surface area contributed by atoms with Crippen LogP contribution in [-0.4, -0.2) is 16.7 Å². The van der Waals surface area contributed by atoms with Gasteiger partial charge in [-0.25, -0.2) is 0 Å². The first kappa shape index (κ1) is 14.2. The fraction of sp³-hybridized carbons (Fsp3) is 0.312. The van der Waals surface area contributed by atoms with Gasteiger partial charge in [0.2, 0.25) is 0 Å². The molecule has 0 amide bonds. The van der Waals surface area contributed by atoms with Gasteiger partial charge in [0.25, 0.3) is 0 Å². The molecular weight excluding hydrogens is 252 g/mol. The Morgan fingerprint density at radius 3 is 2.70 bits per heavy atom. The van der Waals surface area contributed by atoms with Gasteiger partial charge < -0.3 is 15.2 Å². The number of hydrogen-bond acceptors (Lipinski definition) is 4. The third-order valence-corrected chi connectivity index (χ3v) is 3.03. The molecule has 0 radical (unpaired) electrons. The Morgan fingerprint density at radius 2 is 2.00 bits per heavy atom. The number of phenolic OH excluding ortho intramolecular Hbond substituents is 1. The maximum Gasteiger partial charge on any atom is 0.161 e. The summed E-state index contributed by atoms with van der Waals surface area (Å²) in [6.45, 7) is 7.05. The second-order valence-corrected chi connectivity index (χ2v) is 4.67. The predicted molar refractivity (Wildman–Crippen MR) is 80.3 cm³/mol. The second kappa shape index (κ2) is 6.28. The van der Waals surface area contributed by atoms with Gasteiger partial charge in [-0.2, -0.15) is 0 Å². The molecule has 2 N–H and O–H groups in total. The molecule has 4 nitrogen and oxygen atoms in total. The molecule has 1 aromatic carbocycles.